The Kier molecular flexibility index (Phi) is 6.24. The molecule has 1 aromatic rings. The van der Waals surface area contributed by atoms with Crippen molar-refractivity contribution >= 4 is 15.9 Å². The van der Waals surface area contributed by atoms with Crippen molar-refractivity contribution in [3.8, 4) is 12.1 Å². The monoisotopic (exact) mass is 332 g/mol. The fraction of sp³-hybridized carbons (Fsp3) is 0.529. The Labute approximate surface area is 130 Å². The van der Waals surface area contributed by atoms with Gasteiger partial charge in [-0.05, 0) is 47.4 Å². The Morgan fingerprint density at radius 2 is 1.65 bits per heavy atom. The molecule has 0 aliphatic rings. The van der Waals surface area contributed by atoms with Gasteiger partial charge in [0.05, 0.1) is 24.1 Å². The van der Waals surface area contributed by atoms with Crippen molar-refractivity contribution in [3.05, 3.63) is 32.8 Å². The summed E-state index contributed by atoms with van der Waals surface area (Å²) in [6.07, 6.45) is 2.07. The van der Waals surface area contributed by atoms with E-state index in [4.69, 9.17) is 5.26 Å². The van der Waals surface area contributed by atoms with Gasteiger partial charge < -0.3 is 0 Å². The summed E-state index contributed by atoms with van der Waals surface area (Å²) in [5.41, 5.74) is 3.90. The first-order valence-electron chi connectivity index (χ1n) is 7.00. The van der Waals surface area contributed by atoms with Crippen LogP contribution in [0.5, 0.6) is 0 Å². The number of rotatable bonds is 5. The first kappa shape index (κ1) is 16.7. The van der Waals surface area contributed by atoms with Crippen LogP contribution in [0.4, 0.5) is 0 Å². The molecule has 0 aliphatic carbocycles. The van der Waals surface area contributed by atoms with Crippen LogP contribution in [0.15, 0.2) is 10.5 Å². The zero-order valence-corrected chi connectivity index (χ0v) is 14.2. The van der Waals surface area contributed by atoms with Crippen molar-refractivity contribution in [1.29, 1.82) is 10.5 Å². The maximum atomic E-state index is 9.56. The molecule has 20 heavy (non-hydrogen) atoms. The lowest BCUT2D eigenvalue weighted by Crippen LogP contribution is -2.08. The van der Waals surface area contributed by atoms with Gasteiger partial charge in [0.15, 0.2) is 0 Å². The third-order valence-corrected chi connectivity index (χ3v) is 3.89. The van der Waals surface area contributed by atoms with E-state index in [1.54, 1.807) is 0 Å². The van der Waals surface area contributed by atoms with E-state index < -0.39 is 0 Å². The van der Waals surface area contributed by atoms with Crippen LogP contribution in [0.25, 0.3) is 0 Å². The third kappa shape index (κ3) is 4.09. The van der Waals surface area contributed by atoms with Crippen molar-refractivity contribution < 1.29 is 0 Å². The van der Waals surface area contributed by atoms with Crippen molar-refractivity contribution in [2.75, 3.05) is 0 Å². The van der Waals surface area contributed by atoms with Crippen molar-refractivity contribution in [2.45, 2.75) is 47.0 Å². The van der Waals surface area contributed by atoms with E-state index in [1.165, 1.54) is 0 Å². The highest BCUT2D eigenvalue weighted by molar-refractivity contribution is 9.10. The highest BCUT2D eigenvalue weighted by Gasteiger charge is 2.18. The maximum absolute atomic E-state index is 9.56. The number of hydrogen-bond acceptors (Lipinski definition) is 2. The van der Waals surface area contributed by atoms with Gasteiger partial charge in [-0.2, -0.15) is 10.5 Å². The summed E-state index contributed by atoms with van der Waals surface area (Å²) >= 11 is 3.58. The highest BCUT2D eigenvalue weighted by atomic mass is 79.9. The Morgan fingerprint density at radius 3 is 2.10 bits per heavy atom. The van der Waals surface area contributed by atoms with Crippen LogP contribution in [-0.2, 0) is 19.3 Å². The molecule has 1 rings (SSSR count). The molecule has 1 aromatic carbocycles. The first-order chi connectivity index (χ1) is 9.40. The normalized spacial score (nSPS) is 10.7. The molecule has 0 bridgehead atoms. The van der Waals surface area contributed by atoms with Crippen molar-refractivity contribution in [1.82, 2.24) is 0 Å². The minimum atomic E-state index is 0.347. The lowest BCUT2D eigenvalue weighted by molar-refractivity contribution is 0.631. The van der Waals surface area contributed by atoms with E-state index in [9.17, 15) is 5.26 Å². The second kappa shape index (κ2) is 7.46. The fourth-order valence-corrected chi connectivity index (χ4v) is 3.10. The van der Waals surface area contributed by atoms with E-state index in [1.807, 2.05) is 6.07 Å². The molecule has 0 saturated heterocycles. The standard InChI is InChI=1S/C17H21BrN2/c1-11(2)7-13-9-17(18)14(5-6-19)15(8-12(3)4)16(13)10-20/h9,11-12H,5,7-8H2,1-4H3. The second-order valence-electron chi connectivity index (χ2n) is 5.99. The van der Waals surface area contributed by atoms with Crippen LogP contribution in [0.1, 0.15) is 49.9 Å². The first-order valence-corrected chi connectivity index (χ1v) is 7.80. The van der Waals surface area contributed by atoms with E-state index in [-0.39, 0.29) is 0 Å². The Balaban J connectivity index is 3.50. The van der Waals surface area contributed by atoms with Gasteiger partial charge >= 0.3 is 0 Å². The van der Waals surface area contributed by atoms with Gasteiger partial charge in [-0.1, -0.05) is 43.6 Å². The summed E-state index contributed by atoms with van der Waals surface area (Å²) in [4.78, 5) is 0. The van der Waals surface area contributed by atoms with Crippen LogP contribution < -0.4 is 0 Å². The summed E-state index contributed by atoms with van der Waals surface area (Å²) in [5, 5.41) is 18.6. The zero-order chi connectivity index (χ0) is 15.3. The molecule has 2 nitrogen and oxygen atoms in total. The van der Waals surface area contributed by atoms with Gasteiger partial charge in [-0.15, -0.1) is 0 Å². The summed E-state index contributed by atoms with van der Waals surface area (Å²) in [5.74, 6) is 0.962. The topological polar surface area (TPSA) is 47.6 Å². The zero-order valence-electron chi connectivity index (χ0n) is 12.6. The lowest BCUT2D eigenvalue weighted by atomic mass is 9.87. The van der Waals surface area contributed by atoms with Crippen molar-refractivity contribution in [2.24, 2.45) is 11.8 Å². The minimum Gasteiger partial charge on any atom is -0.198 e. The summed E-state index contributed by atoms with van der Waals surface area (Å²) in [6.45, 7) is 8.58. The number of halogens is 1. The predicted molar refractivity (Wildman–Crippen MR) is 85.3 cm³/mol. The largest absolute Gasteiger partial charge is 0.198 e. The molecule has 106 valence electrons. The molecule has 0 saturated carbocycles. The molecule has 0 amide bonds. The van der Waals surface area contributed by atoms with Gasteiger partial charge in [-0.3, -0.25) is 0 Å². The average Bonchev–Trinajstić information content (AvgIpc) is 2.33. The van der Waals surface area contributed by atoms with E-state index in [0.29, 0.717) is 18.3 Å². The Bertz CT molecular complexity index is 560. The molecule has 0 N–H and O–H groups in total. The molecule has 0 atom stereocenters. The van der Waals surface area contributed by atoms with Crippen LogP contribution in [0.2, 0.25) is 0 Å². The second-order valence-corrected chi connectivity index (χ2v) is 6.85. The summed E-state index contributed by atoms with van der Waals surface area (Å²) in [7, 11) is 0. The third-order valence-electron chi connectivity index (χ3n) is 3.18. The maximum Gasteiger partial charge on any atom is 0.0997 e. The van der Waals surface area contributed by atoms with Crippen LogP contribution in [0, 0.1) is 34.5 Å². The number of hydrogen-bond donors (Lipinski definition) is 0. The van der Waals surface area contributed by atoms with Crippen LogP contribution >= 0.6 is 15.9 Å². The molecular weight excluding hydrogens is 312 g/mol. The van der Waals surface area contributed by atoms with Gasteiger partial charge in [-0.25, -0.2) is 0 Å². The highest BCUT2D eigenvalue weighted by Crippen LogP contribution is 2.31. The quantitative estimate of drug-likeness (QED) is 0.778. The van der Waals surface area contributed by atoms with Gasteiger partial charge in [0, 0.05) is 4.47 Å². The van der Waals surface area contributed by atoms with Gasteiger partial charge in [0.1, 0.15) is 0 Å². The molecule has 0 radical (unpaired) electrons. The van der Waals surface area contributed by atoms with E-state index in [0.717, 1.165) is 39.6 Å². The number of nitrogens with zero attached hydrogens (tertiary/aromatic N) is 2. The molecule has 0 aromatic heterocycles. The summed E-state index contributed by atoms with van der Waals surface area (Å²) < 4.78 is 0.962. The van der Waals surface area contributed by atoms with Gasteiger partial charge in [0.25, 0.3) is 0 Å². The molecule has 0 spiro atoms. The number of nitriles is 2. The van der Waals surface area contributed by atoms with Crippen LogP contribution in [-0.4, -0.2) is 0 Å². The smallest absolute Gasteiger partial charge is 0.0997 e. The molecule has 3 heteroatoms. The fourth-order valence-electron chi connectivity index (χ4n) is 2.44. The minimum absolute atomic E-state index is 0.347. The van der Waals surface area contributed by atoms with Crippen LogP contribution in [0.3, 0.4) is 0 Å². The summed E-state index contributed by atoms with van der Waals surface area (Å²) in [6, 6.07) is 6.60. The molecule has 0 fully saturated rings. The SMILES string of the molecule is CC(C)Cc1cc(Br)c(CC#N)c(CC(C)C)c1C#N. The molecule has 0 aliphatic heterocycles. The average molecular weight is 333 g/mol. The number of benzene rings is 1. The van der Waals surface area contributed by atoms with E-state index in [2.05, 4.69) is 55.8 Å². The predicted octanol–water partition coefficient (Wildman–Crippen LogP) is 4.78. The Morgan fingerprint density at radius 1 is 1.05 bits per heavy atom. The van der Waals surface area contributed by atoms with Crippen molar-refractivity contribution in [3.63, 3.8) is 0 Å². The molecule has 0 unspecified atom stereocenters. The van der Waals surface area contributed by atoms with E-state index >= 15 is 0 Å². The lowest BCUT2D eigenvalue weighted by Gasteiger charge is -2.18. The molecular formula is C17H21BrN2. The van der Waals surface area contributed by atoms with Gasteiger partial charge in [0.2, 0.25) is 0 Å². The molecule has 0 heterocycles. The Hall–Kier alpha value is -1.32.